The zero-order valence-corrected chi connectivity index (χ0v) is 22.8. The Morgan fingerprint density at radius 3 is 2.62 bits per heavy atom. The Balaban J connectivity index is 1.12. The highest BCUT2D eigenvalue weighted by Gasteiger charge is 2.55. The molecule has 2 aromatic carbocycles. The lowest BCUT2D eigenvalue weighted by Gasteiger charge is -2.27. The minimum atomic E-state index is -0.285. The maximum absolute atomic E-state index is 13.2. The zero-order chi connectivity index (χ0) is 28.7. The van der Waals surface area contributed by atoms with Gasteiger partial charge in [-0.05, 0) is 61.2 Å². The highest BCUT2D eigenvalue weighted by molar-refractivity contribution is 6.05. The third-order valence-corrected chi connectivity index (χ3v) is 8.44. The first kappa shape index (κ1) is 26.0. The van der Waals surface area contributed by atoms with Crippen molar-refractivity contribution in [1.29, 1.82) is 0 Å². The fourth-order valence-corrected chi connectivity index (χ4v) is 6.44. The van der Waals surface area contributed by atoms with Crippen LogP contribution in [0.1, 0.15) is 40.7 Å². The molecule has 2 bridgehead atoms. The molecule has 0 spiro atoms. The molecule has 4 aliphatic heterocycles. The lowest BCUT2D eigenvalue weighted by molar-refractivity contribution is -0.750. The topological polar surface area (TPSA) is 122 Å². The second-order valence-electron chi connectivity index (χ2n) is 10.9. The minimum Gasteiger partial charge on any atom is -0.445 e. The van der Waals surface area contributed by atoms with Gasteiger partial charge < -0.3 is 15.0 Å². The molecule has 0 aliphatic carbocycles. The number of aliphatic imine (C=N–C) groups is 2. The number of benzene rings is 2. The Kier molecular flexibility index (Phi) is 6.49. The van der Waals surface area contributed by atoms with Gasteiger partial charge in [-0.3, -0.25) is 9.79 Å². The van der Waals surface area contributed by atoms with Crippen LogP contribution in [0.2, 0.25) is 0 Å². The number of carbonyl (C=O) groups is 2. The number of quaternary nitrogens is 1. The molecular weight excluding hydrogens is 530 g/mol. The number of fused-ring (bicyclic) bond motifs is 3. The van der Waals surface area contributed by atoms with E-state index >= 15 is 0 Å². The SMILES string of the molecule is N[N+]12C=CN=CC1=C(C1CC3CCC1N3C(=O)OCc1ccccc1)N=C2c1ccc(C(=O)Nc2ccccn2)cc1. The summed E-state index contributed by atoms with van der Waals surface area (Å²) in [5, 5.41) is 2.80. The molecule has 2 fully saturated rings. The molecule has 4 unspecified atom stereocenters. The summed E-state index contributed by atoms with van der Waals surface area (Å²) in [5.74, 6) is 7.87. The van der Waals surface area contributed by atoms with Gasteiger partial charge in [0.15, 0.2) is 0 Å². The molecule has 7 rings (SSSR count). The summed E-state index contributed by atoms with van der Waals surface area (Å²) in [6, 6.07) is 22.3. The molecule has 2 saturated heterocycles. The average Bonchev–Trinajstić information content (AvgIpc) is 3.70. The molecule has 3 aromatic rings. The third kappa shape index (κ3) is 4.50. The Morgan fingerprint density at radius 1 is 1.02 bits per heavy atom. The van der Waals surface area contributed by atoms with E-state index in [1.165, 1.54) is 0 Å². The normalized spacial score (nSPS) is 25.4. The van der Waals surface area contributed by atoms with Crippen molar-refractivity contribution in [2.45, 2.75) is 38.0 Å². The van der Waals surface area contributed by atoms with E-state index in [-0.39, 0.29) is 41.2 Å². The number of aromatic nitrogens is 1. The maximum Gasteiger partial charge on any atom is 0.410 e. The minimum absolute atomic E-state index is 0.0166. The average molecular weight is 561 g/mol. The number of nitrogens with one attached hydrogen (secondary N) is 1. The van der Waals surface area contributed by atoms with Crippen molar-refractivity contribution in [2.75, 3.05) is 5.32 Å². The van der Waals surface area contributed by atoms with E-state index in [0.717, 1.165) is 41.8 Å². The quantitative estimate of drug-likeness (QED) is 0.333. The molecule has 10 nitrogen and oxygen atoms in total. The standard InChI is InChI=1S/C32H29N7O3/c33-39-17-16-34-19-27(39)29(25-18-24-13-14-26(25)38(24)32(41)42-20-21-6-2-1-3-7-21)37-30(39)22-9-11-23(12-10-22)31(40)36-28-8-4-5-15-35-28/h1-12,15-17,19,24-26H,13-14,18,20,33H2/p+1. The van der Waals surface area contributed by atoms with Crippen LogP contribution < -0.4 is 11.2 Å². The Hall–Kier alpha value is -4.93. The van der Waals surface area contributed by atoms with Crippen LogP contribution in [0.3, 0.4) is 0 Å². The van der Waals surface area contributed by atoms with E-state index in [9.17, 15) is 9.59 Å². The lowest BCUT2D eigenvalue weighted by Crippen LogP contribution is -2.53. The second-order valence-corrected chi connectivity index (χ2v) is 10.9. The highest BCUT2D eigenvalue weighted by Crippen LogP contribution is 2.48. The summed E-state index contributed by atoms with van der Waals surface area (Å²) >= 11 is 0. The number of rotatable bonds is 6. The number of pyridine rings is 1. The molecule has 0 radical (unpaired) electrons. The molecule has 4 aliphatic rings. The molecule has 2 amide bonds. The molecule has 5 heterocycles. The second kappa shape index (κ2) is 10.5. The zero-order valence-electron chi connectivity index (χ0n) is 22.8. The van der Waals surface area contributed by atoms with E-state index < -0.39 is 0 Å². The predicted molar refractivity (Wildman–Crippen MR) is 158 cm³/mol. The molecule has 10 heteroatoms. The summed E-state index contributed by atoms with van der Waals surface area (Å²) < 4.78 is 5.60. The van der Waals surface area contributed by atoms with Crippen LogP contribution in [0.25, 0.3) is 0 Å². The molecule has 210 valence electrons. The number of carbonyl (C=O) groups excluding carboxylic acids is 2. The number of nitrogens with zero attached hydrogens (tertiary/aromatic N) is 5. The van der Waals surface area contributed by atoms with Gasteiger partial charge in [-0.25, -0.2) is 9.78 Å². The Labute approximate surface area is 243 Å². The van der Waals surface area contributed by atoms with Gasteiger partial charge in [0.2, 0.25) is 5.70 Å². The highest BCUT2D eigenvalue weighted by atomic mass is 16.6. The number of allylic oxidation sites excluding steroid dienone is 1. The van der Waals surface area contributed by atoms with Crippen LogP contribution in [0.5, 0.6) is 0 Å². The van der Waals surface area contributed by atoms with E-state index in [4.69, 9.17) is 15.6 Å². The Morgan fingerprint density at radius 2 is 1.83 bits per heavy atom. The van der Waals surface area contributed by atoms with Crippen LogP contribution >= 0.6 is 0 Å². The summed E-state index contributed by atoms with van der Waals surface area (Å²) in [5.41, 5.74) is 3.89. The van der Waals surface area contributed by atoms with Crippen molar-refractivity contribution >= 4 is 29.9 Å². The third-order valence-electron chi connectivity index (χ3n) is 8.44. The van der Waals surface area contributed by atoms with E-state index in [1.807, 2.05) is 59.6 Å². The molecular formula is C32H30N7O3+. The smallest absolute Gasteiger partial charge is 0.410 e. The number of anilines is 1. The van der Waals surface area contributed by atoms with Gasteiger partial charge in [0.1, 0.15) is 24.3 Å². The van der Waals surface area contributed by atoms with Crippen LogP contribution in [-0.2, 0) is 11.3 Å². The van der Waals surface area contributed by atoms with Gasteiger partial charge in [-0.15, -0.1) is 4.59 Å². The van der Waals surface area contributed by atoms with Gasteiger partial charge in [-0.2, -0.15) is 10.8 Å². The number of amides is 2. The number of hydrogen-bond donors (Lipinski definition) is 2. The van der Waals surface area contributed by atoms with Gasteiger partial charge in [0.05, 0.1) is 18.0 Å². The van der Waals surface area contributed by atoms with E-state index in [0.29, 0.717) is 17.2 Å². The van der Waals surface area contributed by atoms with Gasteiger partial charge in [0.25, 0.3) is 11.7 Å². The summed E-state index contributed by atoms with van der Waals surface area (Å²) in [7, 11) is 0. The number of hydrogen-bond acceptors (Lipinski definition) is 7. The lowest BCUT2D eigenvalue weighted by atomic mass is 9.86. The monoisotopic (exact) mass is 560 g/mol. The molecule has 42 heavy (non-hydrogen) atoms. The molecule has 0 saturated carbocycles. The number of ether oxygens (including phenoxy) is 1. The number of nitrogens with two attached hydrogens (primary N) is 1. The fourth-order valence-electron chi connectivity index (χ4n) is 6.44. The van der Waals surface area contributed by atoms with Gasteiger partial charge in [0, 0.05) is 29.8 Å². The predicted octanol–water partition coefficient (Wildman–Crippen LogP) is 4.74. The van der Waals surface area contributed by atoms with Crippen molar-refractivity contribution in [3.05, 3.63) is 119 Å². The van der Waals surface area contributed by atoms with Crippen molar-refractivity contribution in [3.8, 4) is 0 Å². The van der Waals surface area contributed by atoms with Crippen LogP contribution in [0, 0.1) is 5.92 Å². The van der Waals surface area contributed by atoms with Crippen molar-refractivity contribution < 1.29 is 18.9 Å². The first-order valence-corrected chi connectivity index (χ1v) is 14.1. The van der Waals surface area contributed by atoms with Gasteiger partial charge >= 0.3 is 6.09 Å². The van der Waals surface area contributed by atoms with Gasteiger partial charge in [-0.1, -0.05) is 36.4 Å². The van der Waals surface area contributed by atoms with Crippen LogP contribution in [0.4, 0.5) is 10.6 Å². The van der Waals surface area contributed by atoms with Crippen molar-refractivity contribution in [2.24, 2.45) is 21.7 Å². The summed E-state index contributed by atoms with van der Waals surface area (Å²) in [6.45, 7) is 0.243. The van der Waals surface area contributed by atoms with Crippen LogP contribution in [0.15, 0.2) is 113 Å². The first-order valence-electron chi connectivity index (χ1n) is 14.1. The molecule has 3 N–H and O–H groups in total. The van der Waals surface area contributed by atoms with E-state index in [2.05, 4.69) is 15.3 Å². The largest absolute Gasteiger partial charge is 0.445 e. The van der Waals surface area contributed by atoms with E-state index in [1.54, 1.807) is 42.9 Å². The fraction of sp³-hybridized carbons (Fsp3) is 0.219. The Bertz CT molecular complexity index is 1650. The van der Waals surface area contributed by atoms with Crippen molar-refractivity contribution in [1.82, 2.24) is 9.88 Å². The number of amidine groups is 1. The first-order chi connectivity index (χ1) is 20.5. The summed E-state index contributed by atoms with van der Waals surface area (Å²) in [4.78, 5) is 41.5. The molecule has 4 atom stereocenters. The van der Waals surface area contributed by atoms with Crippen molar-refractivity contribution in [3.63, 3.8) is 0 Å². The maximum atomic E-state index is 13.2. The molecule has 1 aromatic heterocycles. The summed E-state index contributed by atoms with van der Waals surface area (Å²) in [6.07, 6.45) is 9.21. The van der Waals surface area contributed by atoms with Crippen LogP contribution in [-0.4, -0.2) is 50.6 Å².